The van der Waals surface area contributed by atoms with Crippen molar-refractivity contribution in [1.82, 2.24) is 0 Å². The molecule has 0 spiro atoms. The van der Waals surface area contributed by atoms with Crippen molar-refractivity contribution in [3.63, 3.8) is 0 Å². The van der Waals surface area contributed by atoms with Crippen LogP contribution in [0.5, 0.6) is 5.75 Å². The molecular formula is C13H20O3S. The van der Waals surface area contributed by atoms with Gasteiger partial charge in [0.15, 0.2) is 9.84 Å². The van der Waals surface area contributed by atoms with Gasteiger partial charge in [0.25, 0.3) is 0 Å². The van der Waals surface area contributed by atoms with E-state index in [9.17, 15) is 13.5 Å². The van der Waals surface area contributed by atoms with Gasteiger partial charge in [0.2, 0.25) is 0 Å². The molecule has 0 aliphatic rings. The summed E-state index contributed by atoms with van der Waals surface area (Å²) in [5.41, 5.74) is 0.474. The molecule has 1 aromatic rings. The molecule has 17 heavy (non-hydrogen) atoms. The van der Waals surface area contributed by atoms with Crippen molar-refractivity contribution >= 4 is 9.84 Å². The van der Waals surface area contributed by atoms with Crippen molar-refractivity contribution in [2.24, 2.45) is 0 Å². The highest BCUT2D eigenvalue weighted by Gasteiger charge is 2.24. The number of rotatable bonds is 4. The van der Waals surface area contributed by atoms with Gasteiger partial charge in [-0.25, -0.2) is 8.42 Å². The normalized spacial score (nSPS) is 12.7. The average Bonchev–Trinajstić information content (AvgIpc) is 2.15. The number of phenols is 1. The molecule has 1 aromatic carbocycles. The van der Waals surface area contributed by atoms with E-state index < -0.39 is 9.84 Å². The fourth-order valence-corrected chi connectivity index (χ4v) is 2.69. The summed E-state index contributed by atoms with van der Waals surface area (Å²) in [6, 6.07) is 4.49. The summed E-state index contributed by atoms with van der Waals surface area (Å²) in [5, 5.41) is 9.87. The molecule has 0 aliphatic carbocycles. The Labute approximate surface area is 103 Å². The molecule has 0 saturated heterocycles. The monoisotopic (exact) mass is 256 g/mol. The van der Waals surface area contributed by atoms with E-state index in [2.05, 4.69) is 6.92 Å². The van der Waals surface area contributed by atoms with E-state index in [4.69, 9.17) is 0 Å². The molecule has 0 radical (unpaired) electrons. The first-order valence-electron chi connectivity index (χ1n) is 5.72. The maximum atomic E-state index is 11.5. The van der Waals surface area contributed by atoms with E-state index >= 15 is 0 Å². The molecule has 3 nitrogen and oxygen atoms in total. The van der Waals surface area contributed by atoms with Gasteiger partial charge in [-0.2, -0.15) is 0 Å². The SMILES string of the molecule is CCCC(C)(C)c1cc(S(C)(=O)=O)ccc1O. The largest absolute Gasteiger partial charge is 0.508 e. The summed E-state index contributed by atoms with van der Waals surface area (Å²) >= 11 is 0. The number of sulfone groups is 1. The Bertz CT molecular complexity index is 501. The van der Waals surface area contributed by atoms with E-state index in [1.165, 1.54) is 18.4 Å². The Morgan fingerprint density at radius 2 is 1.88 bits per heavy atom. The highest BCUT2D eigenvalue weighted by molar-refractivity contribution is 7.90. The molecule has 0 fully saturated rings. The van der Waals surface area contributed by atoms with Crippen LogP contribution in [0.1, 0.15) is 39.2 Å². The van der Waals surface area contributed by atoms with Crippen molar-refractivity contribution in [2.45, 2.75) is 43.9 Å². The number of benzene rings is 1. The minimum Gasteiger partial charge on any atom is -0.508 e. The molecule has 96 valence electrons. The second kappa shape index (κ2) is 4.69. The fraction of sp³-hybridized carbons (Fsp3) is 0.538. The van der Waals surface area contributed by atoms with Gasteiger partial charge in [-0.15, -0.1) is 0 Å². The molecule has 0 aromatic heterocycles. The van der Waals surface area contributed by atoms with Crippen LogP contribution >= 0.6 is 0 Å². The maximum absolute atomic E-state index is 11.5. The molecule has 0 atom stereocenters. The Hall–Kier alpha value is -1.03. The van der Waals surface area contributed by atoms with Crippen LogP contribution in [-0.2, 0) is 15.3 Å². The lowest BCUT2D eigenvalue weighted by Crippen LogP contribution is -2.17. The summed E-state index contributed by atoms with van der Waals surface area (Å²) in [7, 11) is -3.23. The Kier molecular flexibility index (Phi) is 3.87. The van der Waals surface area contributed by atoms with Gasteiger partial charge in [-0.3, -0.25) is 0 Å². The second-order valence-electron chi connectivity index (χ2n) is 5.09. The van der Waals surface area contributed by atoms with Crippen LogP contribution in [0.2, 0.25) is 0 Å². The first kappa shape index (κ1) is 14.0. The fourth-order valence-electron chi connectivity index (χ4n) is 2.05. The number of hydrogen-bond donors (Lipinski definition) is 1. The van der Waals surface area contributed by atoms with Crippen LogP contribution in [0.4, 0.5) is 0 Å². The standard InChI is InChI=1S/C13H20O3S/c1-5-8-13(2,3)11-9-10(17(4,15)16)6-7-12(11)14/h6-7,9,14H,5,8H2,1-4H3. The van der Waals surface area contributed by atoms with Gasteiger partial charge >= 0.3 is 0 Å². The predicted molar refractivity (Wildman–Crippen MR) is 69.2 cm³/mol. The molecule has 0 amide bonds. The van der Waals surface area contributed by atoms with Crippen LogP contribution in [0, 0.1) is 0 Å². The van der Waals surface area contributed by atoms with E-state index in [0.29, 0.717) is 5.56 Å². The average molecular weight is 256 g/mol. The predicted octanol–water partition coefficient (Wildman–Crippen LogP) is 2.87. The molecule has 0 heterocycles. The Morgan fingerprint density at radius 3 is 2.35 bits per heavy atom. The third-order valence-corrected chi connectivity index (χ3v) is 4.11. The zero-order valence-corrected chi connectivity index (χ0v) is 11.6. The number of aromatic hydroxyl groups is 1. The smallest absolute Gasteiger partial charge is 0.175 e. The van der Waals surface area contributed by atoms with Crippen LogP contribution in [0.15, 0.2) is 23.1 Å². The summed E-state index contributed by atoms with van der Waals surface area (Å²) < 4.78 is 23.0. The van der Waals surface area contributed by atoms with E-state index in [1.807, 2.05) is 13.8 Å². The highest BCUT2D eigenvalue weighted by Crippen LogP contribution is 2.35. The lowest BCUT2D eigenvalue weighted by atomic mass is 9.80. The van der Waals surface area contributed by atoms with Gasteiger partial charge in [-0.05, 0) is 30.0 Å². The third kappa shape index (κ3) is 3.22. The van der Waals surface area contributed by atoms with Crippen LogP contribution in [0.3, 0.4) is 0 Å². The molecule has 0 bridgehead atoms. The summed E-state index contributed by atoms with van der Waals surface area (Å²) in [5.74, 6) is 0.163. The van der Waals surface area contributed by atoms with Crippen LogP contribution < -0.4 is 0 Å². The van der Waals surface area contributed by atoms with Gasteiger partial charge in [0.05, 0.1) is 4.90 Å². The molecule has 0 unspecified atom stereocenters. The zero-order valence-electron chi connectivity index (χ0n) is 10.8. The van der Waals surface area contributed by atoms with Crippen LogP contribution in [-0.4, -0.2) is 19.8 Å². The Balaban J connectivity index is 3.34. The summed E-state index contributed by atoms with van der Waals surface area (Å²) in [6.07, 6.45) is 3.05. The lowest BCUT2D eigenvalue weighted by Gasteiger charge is -2.26. The molecule has 0 aliphatic heterocycles. The zero-order chi connectivity index (χ0) is 13.3. The van der Waals surface area contributed by atoms with Crippen molar-refractivity contribution in [1.29, 1.82) is 0 Å². The second-order valence-corrected chi connectivity index (χ2v) is 7.10. The summed E-state index contributed by atoms with van der Waals surface area (Å²) in [4.78, 5) is 0.259. The van der Waals surface area contributed by atoms with Gasteiger partial charge < -0.3 is 5.11 Å². The van der Waals surface area contributed by atoms with Crippen molar-refractivity contribution in [3.05, 3.63) is 23.8 Å². The molecule has 4 heteroatoms. The minimum atomic E-state index is -3.23. The van der Waals surface area contributed by atoms with Gasteiger partial charge in [0, 0.05) is 11.8 Å². The number of hydrogen-bond acceptors (Lipinski definition) is 3. The lowest BCUT2D eigenvalue weighted by molar-refractivity contribution is 0.416. The molecular weight excluding hydrogens is 236 g/mol. The summed E-state index contributed by atoms with van der Waals surface area (Å²) in [6.45, 7) is 6.09. The molecule has 1 N–H and O–H groups in total. The first-order chi connectivity index (χ1) is 7.68. The minimum absolute atomic E-state index is 0.163. The number of phenolic OH excluding ortho intramolecular Hbond substituents is 1. The van der Waals surface area contributed by atoms with E-state index in [0.717, 1.165) is 12.8 Å². The third-order valence-electron chi connectivity index (χ3n) is 3.00. The molecule has 1 rings (SSSR count). The van der Waals surface area contributed by atoms with Crippen molar-refractivity contribution < 1.29 is 13.5 Å². The molecule has 0 saturated carbocycles. The van der Waals surface area contributed by atoms with Crippen molar-refractivity contribution in [2.75, 3.05) is 6.26 Å². The van der Waals surface area contributed by atoms with Gasteiger partial charge in [-0.1, -0.05) is 27.2 Å². The maximum Gasteiger partial charge on any atom is 0.175 e. The highest BCUT2D eigenvalue weighted by atomic mass is 32.2. The van der Waals surface area contributed by atoms with Crippen molar-refractivity contribution in [3.8, 4) is 5.75 Å². The van der Waals surface area contributed by atoms with E-state index in [1.54, 1.807) is 6.07 Å². The first-order valence-corrected chi connectivity index (χ1v) is 7.61. The van der Waals surface area contributed by atoms with Crippen LogP contribution in [0.25, 0.3) is 0 Å². The quantitative estimate of drug-likeness (QED) is 0.901. The Morgan fingerprint density at radius 1 is 1.29 bits per heavy atom. The topological polar surface area (TPSA) is 54.4 Å². The van der Waals surface area contributed by atoms with E-state index in [-0.39, 0.29) is 16.1 Å². The van der Waals surface area contributed by atoms with Gasteiger partial charge in [0.1, 0.15) is 5.75 Å².